The van der Waals surface area contributed by atoms with Gasteiger partial charge in [-0.25, -0.2) is 0 Å². The van der Waals surface area contributed by atoms with Crippen molar-refractivity contribution < 1.29 is 9.59 Å². The van der Waals surface area contributed by atoms with Crippen molar-refractivity contribution in [3.8, 4) is 0 Å². The Balaban J connectivity index is 2.03. The molecule has 0 aliphatic carbocycles. The summed E-state index contributed by atoms with van der Waals surface area (Å²) in [5.41, 5.74) is 1.31. The highest BCUT2D eigenvalue weighted by atomic mass is 16.2. The number of aromatic nitrogens is 1. The fourth-order valence-electron chi connectivity index (χ4n) is 2.32. The maximum absolute atomic E-state index is 12.3. The topological polar surface area (TPSA) is 74.3 Å². The van der Waals surface area contributed by atoms with Crippen LogP contribution in [-0.4, -0.2) is 47.9 Å². The fraction of sp³-hybridized carbons (Fsp3) is 0.500. The summed E-state index contributed by atoms with van der Waals surface area (Å²) in [7, 11) is 1.76. The third kappa shape index (κ3) is 3.26. The number of likely N-dealkylation sites (N-methyl/N-ethyl adjacent to an activating group) is 1. The number of likely N-dealkylation sites (tertiary alicyclic amines) is 1. The molecule has 2 rings (SSSR count). The Morgan fingerprint density at radius 3 is 3.05 bits per heavy atom. The van der Waals surface area contributed by atoms with E-state index in [-0.39, 0.29) is 17.9 Å². The number of piperidine rings is 1. The van der Waals surface area contributed by atoms with E-state index in [2.05, 4.69) is 15.6 Å². The van der Waals surface area contributed by atoms with E-state index in [4.69, 9.17) is 0 Å². The Labute approximate surface area is 118 Å². The highest BCUT2D eigenvalue weighted by Crippen LogP contribution is 2.15. The number of nitrogens with one attached hydrogen (secondary N) is 2. The van der Waals surface area contributed by atoms with Gasteiger partial charge < -0.3 is 15.5 Å². The first-order valence-corrected chi connectivity index (χ1v) is 6.84. The van der Waals surface area contributed by atoms with Crippen molar-refractivity contribution in [2.75, 3.05) is 25.5 Å². The minimum Gasteiger partial charge on any atom is -0.383 e. The van der Waals surface area contributed by atoms with Crippen molar-refractivity contribution in [1.82, 2.24) is 15.2 Å². The summed E-state index contributed by atoms with van der Waals surface area (Å²) in [4.78, 5) is 29.4. The van der Waals surface area contributed by atoms with E-state index in [9.17, 15) is 9.59 Å². The van der Waals surface area contributed by atoms with Crippen molar-refractivity contribution >= 4 is 17.5 Å². The maximum Gasteiger partial charge on any atom is 0.253 e. The molecule has 2 amide bonds. The summed E-state index contributed by atoms with van der Waals surface area (Å²) < 4.78 is 0. The zero-order chi connectivity index (χ0) is 14.5. The van der Waals surface area contributed by atoms with Crippen molar-refractivity contribution in [2.24, 2.45) is 0 Å². The predicted octanol–water partition coefficient (Wildman–Crippen LogP) is 0.864. The maximum atomic E-state index is 12.3. The molecule has 0 radical (unpaired) electrons. The van der Waals surface area contributed by atoms with Crippen LogP contribution < -0.4 is 10.6 Å². The van der Waals surface area contributed by atoms with Crippen LogP contribution in [0.5, 0.6) is 0 Å². The second-order valence-electron chi connectivity index (χ2n) is 4.93. The number of amides is 2. The number of hydrogen-bond acceptors (Lipinski definition) is 4. The van der Waals surface area contributed by atoms with Crippen LogP contribution in [0.15, 0.2) is 18.5 Å². The average Bonchev–Trinajstić information content (AvgIpc) is 2.44. The van der Waals surface area contributed by atoms with Gasteiger partial charge in [0.1, 0.15) is 0 Å². The van der Waals surface area contributed by atoms with Crippen LogP contribution in [0.1, 0.15) is 30.1 Å². The van der Waals surface area contributed by atoms with Crippen LogP contribution in [0, 0.1) is 0 Å². The number of rotatable bonds is 4. The molecule has 108 valence electrons. The lowest BCUT2D eigenvalue weighted by atomic mass is 10.0. The summed E-state index contributed by atoms with van der Waals surface area (Å²) in [5.74, 6) is 0.00356. The molecule has 1 aliphatic heterocycles. The number of pyridine rings is 1. The number of carbonyl (C=O) groups excluding carboxylic acids is 2. The molecule has 0 aromatic carbocycles. The molecule has 6 nitrogen and oxygen atoms in total. The quantitative estimate of drug-likeness (QED) is 0.855. The molecule has 1 aliphatic rings. The molecule has 1 fully saturated rings. The number of carbonyl (C=O) groups is 2. The molecule has 20 heavy (non-hydrogen) atoms. The van der Waals surface area contributed by atoms with E-state index in [0.717, 1.165) is 12.2 Å². The monoisotopic (exact) mass is 276 g/mol. The molecule has 6 heteroatoms. The second-order valence-corrected chi connectivity index (χ2v) is 4.93. The predicted molar refractivity (Wildman–Crippen MR) is 76.5 cm³/mol. The molecule has 1 aromatic heterocycles. The van der Waals surface area contributed by atoms with Crippen molar-refractivity contribution in [2.45, 2.75) is 25.8 Å². The largest absolute Gasteiger partial charge is 0.383 e. The Kier molecular flexibility index (Phi) is 4.55. The molecule has 2 N–H and O–H groups in total. The molecule has 0 bridgehead atoms. The first-order chi connectivity index (χ1) is 9.61. The van der Waals surface area contributed by atoms with Crippen LogP contribution in [-0.2, 0) is 4.79 Å². The number of anilines is 1. The standard InChI is InChI=1S/C14H20N4O2/c1-3-16-12-8-15-7-6-11(12)14(20)17-10-4-5-13(19)18(2)9-10/h6-8,10,16H,3-5,9H2,1-2H3,(H,17,20). The zero-order valence-corrected chi connectivity index (χ0v) is 11.8. The van der Waals surface area contributed by atoms with Gasteiger partial charge in [-0.05, 0) is 19.4 Å². The lowest BCUT2D eigenvalue weighted by molar-refractivity contribution is -0.132. The fourth-order valence-corrected chi connectivity index (χ4v) is 2.32. The molecule has 1 unspecified atom stereocenters. The summed E-state index contributed by atoms with van der Waals surface area (Å²) in [6, 6.07) is 1.71. The molecular weight excluding hydrogens is 256 g/mol. The summed E-state index contributed by atoms with van der Waals surface area (Å²) in [6.07, 6.45) is 4.43. The smallest absolute Gasteiger partial charge is 0.253 e. The van der Waals surface area contributed by atoms with E-state index < -0.39 is 0 Å². The van der Waals surface area contributed by atoms with E-state index in [1.807, 2.05) is 6.92 Å². The Morgan fingerprint density at radius 1 is 1.55 bits per heavy atom. The molecule has 0 saturated carbocycles. The first-order valence-electron chi connectivity index (χ1n) is 6.84. The second kappa shape index (κ2) is 6.36. The van der Waals surface area contributed by atoms with Gasteiger partial charge in [-0.15, -0.1) is 0 Å². The minimum atomic E-state index is -0.129. The summed E-state index contributed by atoms with van der Waals surface area (Å²) >= 11 is 0. The van der Waals surface area contributed by atoms with E-state index in [1.54, 1.807) is 30.4 Å². The van der Waals surface area contributed by atoms with E-state index in [1.165, 1.54) is 0 Å². The molecule has 1 aromatic rings. The molecule has 1 atom stereocenters. The van der Waals surface area contributed by atoms with Gasteiger partial charge in [0.2, 0.25) is 5.91 Å². The third-order valence-electron chi connectivity index (χ3n) is 3.39. The zero-order valence-electron chi connectivity index (χ0n) is 11.8. The molecular formula is C14H20N4O2. The highest BCUT2D eigenvalue weighted by Gasteiger charge is 2.24. The van der Waals surface area contributed by atoms with Crippen LogP contribution in [0.2, 0.25) is 0 Å². The first kappa shape index (κ1) is 14.3. The number of hydrogen-bond donors (Lipinski definition) is 2. The Bertz CT molecular complexity index is 504. The van der Waals surface area contributed by atoms with Crippen molar-refractivity contribution in [3.63, 3.8) is 0 Å². The molecule has 1 saturated heterocycles. The summed E-state index contributed by atoms with van der Waals surface area (Å²) in [5, 5.41) is 6.11. The Morgan fingerprint density at radius 2 is 2.35 bits per heavy atom. The van der Waals surface area contributed by atoms with Crippen molar-refractivity contribution in [3.05, 3.63) is 24.0 Å². The van der Waals surface area contributed by atoms with E-state index in [0.29, 0.717) is 24.9 Å². The van der Waals surface area contributed by atoms with Crippen LogP contribution in [0.25, 0.3) is 0 Å². The lowest BCUT2D eigenvalue weighted by Gasteiger charge is -2.30. The van der Waals surface area contributed by atoms with Gasteiger partial charge in [0, 0.05) is 38.8 Å². The van der Waals surface area contributed by atoms with Gasteiger partial charge in [-0.2, -0.15) is 0 Å². The van der Waals surface area contributed by atoms with Gasteiger partial charge in [0.05, 0.1) is 17.4 Å². The van der Waals surface area contributed by atoms with Crippen LogP contribution in [0.4, 0.5) is 5.69 Å². The average molecular weight is 276 g/mol. The van der Waals surface area contributed by atoms with Gasteiger partial charge >= 0.3 is 0 Å². The van der Waals surface area contributed by atoms with Crippen LogP contribution >= 0.6 is 0 Å². The molecule has 0 spiro atoms. The SMILES string of the molecule is CCNc1cnccc1C(=O)NC1CCC(=O)N(C)C1. The lowest BCUT2D eigenvalue weighted by Crippen LogP contribution is -2.48. The minimum absolute atomic E-state index is 0.00726. The van der Waals surface area contributed by atoms with Gasteiger partial charge in [-0.3, -0.25) is 14.6 Å². The highest BCUT2D eigenvalue weighted by molar-refractivity contribution is 5.99. The van der Waals surface area contributed by atoms with Gasteiger partial charge in [0.25, 0.3) is 5.91 Å². The molecule has 2 heterocycles. The normalized spacial score (nSPS) is 18.8. The number of nitrogens with zero attached hydrogens (tertiary/aromatic N) is 2. The van der Waals surface area contributed by atoms with Gasteiger partial charge in [0.15, 0.2) is 0 Å². The van der Waals surface area contributed by atoms with Crippen LogP contribution in [0.3, 0.4) is 0 Å². The summed E-state index contributed by atoms with van der Waals surface area (Å²) in [6.45, 7) is 3.26. The Hall–Kier alpha value is -2.11. The van der Waals surface area contributed by atoms with Gasteiger partial charge in [-0.1, -0.05) is 0 Å². The van der Waals surface area contributed by atoms with E-state index >= 15 is 0 Å². The van der Waals surface area contributed by atoms with Crippen molar-refractivity contribution in [1.29, 1.82) is 0 Å². The third-order valence-corrected chi connectivity index (χ3v) is 3.39.